The molecule has 0 saturated carbocycles. The molecule has 0 saturated heterocycles. The largest absolute Gasteiger partial charge is 0.254 e. The summed E-state index contributed by atoms with van der Waals surface area (Å²) in [6, 6.07) is 35.4. The van der Waals surface area contributed by atoms with Gasteiger partial charge in [0.1, 0.15) is 5.82 Å². The summed E-state index contributed by atoms with van der Waals surface area (Å²) in [5, 5.41) is 8.32. The van der Waals surface area contributed by atoms with E-state index in [1.54, 1.807) is 12.1 Å². The highest BCUT2D eigenvalue weighted by Crippen LogP contribution is 2.51. The van der Waals surface area contributed by atoms with E-state index < -0.39 is 7.05 Å². The number of hydrogen-bond acceptors (Lipinski definition) is 2. The molecule has 0 aliphatic carbocycles. The molecule has 3 nitrogen and oxygen atoms in total. The van der Waals surface area contributed by atoms with Gasteiger partial charge >= 0.3 is 0 Å². The summed E-state index contributed by atoms with van der Waals surface area (Å²) in [6.45, 7) is 4.16. The average molecular weight is 544 g/mol. The van der Waals surface area contributed by atoms with E-state index in [1.807, 2.05) is 28.9 Å². The van der Waals surface area contributed by atoms with Gasteiger partial charge in [-0.3, -0.25) is 4.74 Å². The fourth-order valence-corrected chi connectivity index (χ4v) is 8.63. The van der Waals surface area contributed by atoms with E-state index in [1.165, 1.54) is 12.1 Å². The minimum Gasteiger partial charge on any atom is -0.254 e. The Hall–Kier alpha value is -3.27. The van der Waals surface area contributed by atoms with Crippen LogP contribution in [-0.2, 0) is 0 Å². The number of halogens is 2. The van der Waals surface area contributed by atoms with Crippen LogP contribution in [0.1, 0.15) is 11.4 Å². The lowest BCUT2D eigenvalue weighted by Gasteiger charge is -2.27. The second-order valence-electron chi connectivity index (χ2n) is 8.29. The van der Waals surface area contributed by atoms with Crippen LogP contribution >= 0.6 is 23.0 Å². The first-order valence-corrected chi connectivity index (χ1v) is 13.8. The number of aryl methyl sites for hydroxylation is 1. The van der Waals surface area contributed by atoms with Crippen molar-refractivity contribution < 1.29 is 4.39 Å². The second kappa shape index (κ2) is 9.77. The van der Waals surface area contributed by atoms with Gasteiger partial charge in [0.25, 0.3) is 0 Å². The fourth-order valence-electron chi connectivity index (χ4n) is 4.48. The minimum atomic E-state index is -2.59. The normalized spacial score (nSPS) is 12.8. The third kappa shape index (κ3) is 4.42. The minimum absolute atomic E-state index is 0.277. The zero-order chi connectivity index (χ0) is 24.4. The molecule has 1 unspecified atom stereocenters. The fraction of sp³-hybridized carbons (Fsp3) is 0.0690. The Balaban J connectivity index is 1.92. The van der Waals surface area contributed by atoms with Crippen LogP contribution in [0.15, 0.2) is 118 Å². The summed E-state index contributed by atoms with van der Waals surface area (Å²) in [6.07, 6.45) is 0. The molecule has 174 valence electrons. The van der Waals surface area contributed by atoms with Gasteiger partial charge in [0.15, 0.2) is 0 Å². The molecule has 0 amide bonds. The van der Waals surface area contributed by atoms with E-state index in [4.69, 9.17) is 9.84 Å². The summed E-state index contributed by atoms with van der Waals surface area (Å²) < 4.78 is 22.3. The van der Waals surface area contributed by atoms with Crippen LogP contribution in [0.5, 0.6) is 0 Å². The van der Waals surface area contributed by atoms with Crippen LogP contribution in [0.2, 0.25) is 0 Å². The molecule has 35 heavy (non-hydrogen) atoms. The molecule has 0 N–H and O–H groups in total. The predicted molar refractivity (Wildman–Crippen MR) is 148 cm³/mol. The number of hydrogen-bond donors (Lipinski definition) is 0. The van der Waals surface area contributed by atoms with Gasteiger partial charge in [-0.15, -0.1) is 0 Å². The Labute approximate surface area is 213 Å². The van der Waals surface area contributed by atoms with Gasteiger partial charge in [0, 0.05) is 20.4 Å². The monoisotopic (exact) mass is 543 g/mol. The first-order chi connectivity index (χ1) is 17.0. The van der Waals surface area contributed by atoms with Crippen molar-refractivity contribution in [3.05, 3.63) is 131 Å². The topological polar surface area (TPSA) is 30.2 Å². The summed E-state index contributed by atoms with van der Waals surface area (Å²) in [5.74, 6) is -0.277. The molecule has 0 bridgehead atoms. The van der Waals surface area contributed by atoms with Crippen LogP contribution in [0.4, 0.5) is 10.1 Å². The Bertz CT molecular complexity index is 1510. The highest BCUT2D eigenvalue weighted by Gasteiger charge is 2.33. The van der Waals surface area contributed by atoms with Gasteiger partial charge in [-0.2, -0.15) is 5.10 Å². The Morgan fingerprint density at radius 2 is 1.31 bits per heavy atom. The van der Waals surface area contributed by atoms with Crippen molar-refractivity contribution in [1.29, 1.82) is 0 Å². The van der Waals surface area contributed by atoms with Gasteiger partial charge in [0.05, 0.1) is 29.8 Å². The highest BCUT2D eigenvalue weighted by atomic mass is 79.9. The van der Waals surface area contributed by atoms with Crippen molar-refractivity contribution in [1.82, 2.24) is 9.78 Å². The van der Waals surface area contributed by atoms with Crippen molar-refractivity contribution in [2.45, 2.75) is 13.8 Å². The van der Waals surface area contributed by atoms with Crippen LogP contribution in [0, 0.1) is 19.7 Å². The van der Waals surface area contributed by atoms with Crippen molar-refractivity contribution >= 4 is 44.6 Å². The predicted octanol–water partition coefficient (Wildman–Crippen LogP) is 7.20. The molecule has 4 aromatic carbocycles. The SMILES string of the molecule is Cc1nn(-c2ccccc2)c(C)c1P(=Nc1ccc(F)cc1)(c1ccccc1)c1ccc(Br)cc1. The Morgan fingerprint density at radius 1 is 0.743 bits per heavy atom. The summed E-state index contributed by atoms with van der Waals surface area (Å²) in [4.78, 5) is 0. The van der Waals surface area contributed by atoms with E-state index in [0.717, 1.165) is 43.1 Å². The van der Waals surface area contributed by atoms with Crippen LogP contribution in [0.3, 0.4) is 0 Å². The molecule has 1 aromatic heterocycles. The summed E-state index contributed by atoms with van der Waals surface area (Å²) in [7, 11) is -2.59. The molecule has 0 fully saturated rings. The standard InChI is InChI=1S/C29H24BrFN3P/c1-21-29(22(2)34(32-21)26-9-5-3-6-10-26)35(27-11-7-4-8-12-27,28-19-13-23(30)14-20-28)33-25-17-15-24(31)16-18-25/h3-20H,1-2H3. The molecule has 0 radical (unpaired) electrons. The van der Waals surface area contributed by atoms with Crippen LogP contribution < -0.4 is 15.9 Å². The second-order valence-corrected chi connectivity index (χ2v) is 12.2. The maximum absolute atomic E-state index is 13.8. The van der Waals surface area contributed by atoms with Crippen molar-refractivity contribution in [3.8, 4) is 5.69 Å². The lowest BCUT2D eigenvalue weighted by molar-refractivity contribution is 0.628. The van der Waals surface area contributed by atoms with Crippen molar-refractivity contribution in [3.63, 3.8) is 0 Å². The summed E-state index contributed by atoms with van der Waals surface area (Å²) in [5.41, 5.74) is 3.71. The van der Waals surface area contributed by atoms with Gasteiger partial charge < -0.3 is 0 Å². The van der Waals surface area contributed by atoms with Gasteiger partial charge in [-0.25, -0.2) is 9.07 Å². The molecule has 1 heterocycles. The molecule has 1 atom stereocenters. The number of rotatable bonds is 5. The van der Waals surface area contributed by atoms with Crippen molar-refractivity contribution in [2.75, 3.05) is 0 Å². The zero-order valence-electron chi connectivity index (χ0n) is 19.4. The first-order valence-electron chi connectivity index (χ1n) is 11.3. The summed E-state index contributed by atoms with van der Waals surface area (Å²) >= 11 is 3.59. The van der Waals surface area contributed by atoms with E-state index in [-0.39, 0.29) is 5.82 Å². The zero-order valence-corrected chi connectivity index (χ0v) is 21.9. The number of benzene rings is 4. The van der Waals surface area contributed by atoms with Gasteiger partial charge in [0.2, 0.25) is 0 Å². The maximum atomic E-state index is 13.8. The van der Waals surface area contributed by atoms with E-state index >= 15 is 0 Å². The lowest BCUT2D eigenvalue weighted by atomic mass is 10.3. The van der Waals surface area contributed by atoms with Crippen LogP contribution in [-0.4, -0.2) is 9.78 Å². The van der Waals surface area contributed by atoms with Gasteiger partial charge in [-0.1, -0.05) is 76.6 Å². The molecule has 5 rings (SSSR count). The molecule has 0 aliphatic rings. The van der Waals surface area contributed by atoms with Crippen molar-refractivity contribution in [2.24, 2.45) is 4.74 Å². The van der Waals surface area contributed by atoms with E-state index in [2.05, 4.69) is 90.4 Å². The third-order valence-electron chi connectivity index (χ3n) is 6.00. The number of nitrogens with zero attached hydrogens (tertiary/aromatic N) is 3. The average Bonchev–Trinajstić information content (AvgIpc) is 3.19. The highest BCUT2D eigenvalue weighted by molar-refractivity contribution is 9.10. The molecule has 0 aliphatic heterocycles. The molecular weight excluding hydrogens is 520 g/mol. The van der Waals surface area contributed by atoms with Crippen LogP contribution in [0.25, 0.3) is 5.69 Å². The van der Waals surface area contributed by atoms with Gasteiger partial charge in [-0.05, 0) is 62.4 Å². The maximum Gasteiger partial charge on any atom is 0.123 e. The third-order valence-corrected chi connectivity index (χ3v) is 10.4. The molecular formula is C29H24BrFN3P. The number of aromatic nitrogens is 2. The number of para-hydroxylation sites is 1. The lowest BCUT2D eigenvalue weighted by Crippen LogP contribution is -2.28. The molecule has 6 heteroatoms. The van der Waals surface area contributed by atoms with E-state index in [9.17, 15) is 4.39 Å². The first kappa shape index (κ1) is 23.5. The van der Waals surface area contributed by atoms with E-state index in [0.29, 0.717) is 0 Å². The Kier molecular flexibility index (Phi) is 6.55. The smallest absolute Gasteiger partial charge is 0.123 e. The molecule has 5 aromatic rings. The quantitative estimate of drug-likeness (QED) is 0.215. The molecule has 0 spiro atoms. The Morgan fingerprint density at radius 3 is 1.94 bits per heavy atom.